The summed E-state index contributed by atoms with van der Waals surface area (Å²) in [6.45, 7) is 1.66. The molecule has 1 aliphatic rings. The largest absolute Gasteiger partial charge is 0.478 e. The molecule has 0 saturated carbocycles. The molecule has 0 atom stereocenters. The molecule has 2 aromatic carbocycles. The normalized spacial score (nSPS) is 11.9. The summed E-state index contributed by atoms with van der Waals surface area (Å²) >= 11 is 0. The van der Waals surface area contributed by atoms with Crippen LogP contribution in [0.2, 0.25) is 0 Å². The van der Waals surface area contributed by atoms with Crippen LogP contribution in [0.5, 0.6) is 5.75 Å². The van der Waals surface area contributed by atoms with Crippen LogP contribution in [0.25, 0.3) is 0 Å². The molecule has 3 aromatic rings. The van der Waals surface area contributed by atoms with E-state index in [2.05, 4.69) is 38.1 Å². The summed E-state index contributed by atoms with van der Waals surface area (Å²) in [5.74, 6) is -1.69. The highest BCUT2D eigenvalue weighted by Crippen LogP contribution is 2.25. The Labute approximate surface area is 199 Å². The second kappa shape index (κ2) is 9.88. The van der Waals surface area contributed by atoms with E-state index in [0.717, 1.165) is 6.33 Å². The van der Waals surface area contributed by atoms with Crippen molar-refractivity contribution >= 4 is 35.2 Å². The van der Waals surface area contributed by atoms with Crippen LogP contribution in [-0.2, 0) is 22.6 Å². The molecule has 3 amide bonds. The number of ether oxygens (including phenoxy) is 1. The van der Waals surface area contributed by atoms with Crippen molar-refractivity contribution in [3.05, 3.63) is 76.7 Å². The van der Waals surface area contributed by atoms with E-state index in [1.807, 2.05) is 0 Å². The summed E-state index contributed by atoms with van der Waals surface area (Å²) in [5.41, 5.74) is 2.41. The fourth-order valence-corrected chi connectivity index (χ4v) is 3.37. The Balaban J connectivity index is 1.35. The van der Waals surface area contributed by atoms with Crippen LogP contribution in [0.1, 0.15) is 37.5 Å². The standard InChI is InChI=1S/C24H19N5O6/c1-13-6-14(2-4-16(13)24(33)34)8-21(30)29-20-9-18(26-12-27-20)23(32)25-10-15-3-5-19-17(7-15)28-22(31)11-35-19/h2,4,6-7,9,12H,8,10-11H2,1H3,(H,25,32)(H,28,31)(H,33,34)(H,26,27,29,30). The molecular formula is C24H19N5O6. The maximum absolute atomic E-state index is 12.5. The summed E-state index contributed by atoms with van der Waals surface area (Å²) in [7, 11) is 0. The summed E-state index contributed by atoms with van der Waals surface area (Å²) in [4.78, 5) is 55.4. The average molecular weight is 473 g/mol. The van der Waals surface area contributed by atoms with Gasteiger partial charge in [0.25, 0.3) is 11.8 Å². The van der Waals surface area contributed by atoms with Crippen LogP contribution in [0.15, 0.2) is 36.7 Å². The van der Waals surface area contributed by atoms with Gasteiger partial charge in [-0.25, -0.2) is 14.8 Å². The number of carbonyl (C=O) groups is 4. The van der Waals surface area contributed by atoms with Crippen LogP contribution in [0, 0.1) is 19.1 Å². The highest BCUT2D eigenvalue weighted by Gasteiger charge is 2.17. The zero-order chi connectivity index (χ0) is 24.9. The van der Waals surface area contributed by atoms with Gasteiger partial charge in [-0.2, -0.15) is 0 Å². The number of hydrogen-bond acceptors (Lipinski definition) is 7. The number of amides is 3. The molecule has 1 aromatic heterocycles. The highest BCUT2D eigenvalue weighted by atomic mass is 16.5. The lowest BCUT2D eigenvalue weighted by atomic mass is 10.0. The van der Waals surface area contributed by atoms with Crippen molar-refractivity contribution in [3.8, 4) is 5.75 Å². The number of carboxylic acids is 1. The number of fused-ring (bicyclic) bond motifs is 1. The molecule has 0 bridgehead atoms. The summed E-state index contributed by atoms with van der Waals surface area (Å²) in [6.07, 6.45) is 1.15. The molecule has 0 unspecified atom stereocenters. The fourth-order valence-electron chi connectivity index (χ4n) is 3.37. The van der Waals surface area contributed by atoms with E-state index in [0.29, 0.717) is 28.1 Å². The molecule has 176 valence electrons. The first-order valence-corrected chi connectivity index (χ1v) is 10.4. The maximum atomic E-state index is 12.5. The first kappa shape index (κ1) is 23.2. The Morgan fingerprint density at radius 1 is 1.17 bits per heavy atom. The van der Waals surface area contributed by atoms with Crippen LogP contribution < -0.4 is 20.7 Å². The van der Waals surface area contributed by atoms with Gasteiger partial charge in [0.15, 0.2) is 12.4 Å². The fraction of sp³-hybridized carbons (Fsp3) is 0.167. The van der Waals surface area contributed by atoms with Crippen molar-refractivity contribution in [1.29, 1.82) is 0 Å². The van der Waals surface area contributed by atoms with E-state index in [4.69, 9.17) is 9.84 Å². The van der Waals surface area contributed by atoms with E-state index in [1.165, 1.54) is 12.1 Å². The Morgan fingerprint density at radius 3 is 2.77 bits per heavy atom. The molecule has 11 heteroatoms. The molecule has 1 aliphatic heterocycles. The molecule has 0 radical (unpaired) electrons. The van der Waals surface area contributed by atoms with Crippen LogP contribution >= 0.6 is 0 Å². The molecule has 2 heterocycles. The highest BCUT2D eigenvalue weighted by molar-refractivity contribution is 5.96. The van der Waals surface area contributed by atoms with Gasteiger partial charge in [0.05, 0.1) is 24.2 Å². The number of aromatic carboxylic acids is 1. The first-order chi connectivity index (χ1) is 16.8. The van der Waals surface area contributed by atoms with Gasteiger partial charge < -0.3 is 25.8 Å². The Bertz CT molecular complexity index is 1340. The predicted octanol–water partition coefficient (Wildman–Crippen LogP) is 1.53. The lowest BCUT2D eigenvalue weighted by Crippen LogP contribution is -2.26. The molecule has 35 heavy (non-hydrogen) atoms. The Hall–Kier alpha value is -4.98. The minimum atomic E-state index is -1.03. The van der Waals surface area contributed by atoms with Gasteiger partial charge in [0.2, 0.25) is 5.91 Å². The number of aromatic nitrogens is 2. The quantitative estimate of drug-likeness (QED) is 0.402. The molecule has 0 aliphatic carbocycles. The van der Waals surface area contributed by atoms with E-state index in [9.17, 15) is 19.2 Å². The Kier molecular flexibility index (Phi) is 6.55. The van der Waals surface area contributed by atoms with E-state index in [1.54, 1.807) is 25.1 Å². The van der Waals surface area contributed by atoms with Crippen LogP contribution in [0.4, 0.5) is 11.5 Å². The van der Waals surface area contributed by atoms with Crippen molar-refractivity contribution in [2.75, 3.05) is 17.2 Å². The smallest absolute Gasteiger partial charge is 0.335 e. The number of carbonyl (C=O) groups excluding carboxylic acids is 3. The third-order valence-corrected chi connectivity index (χ3v) is 5.01. The van der Waals surface area contributed by atoms with Crippen molar-refractivity contribution in [2.24, 2.45) is 0 Å². The van der Waals surface area contributed by atoms with Gasteiger partial charge in [-0.15, -0.1) is 0 Å². The number of nitrogens with one attached hydrogen (secondary N) is 3. The third-order valence-electron chi connectivity index (χ3n) is 5.01. The van der Waals surface area contributed by atoms with Gasteiger partial charge in [-0.3, -0.25) is 14.4 Å². The lowest BCUT2D eigenvalue weighted by molar-refractivity contribution is -0.118. The topological polar surface area (TPSA) is 160 Å². The molecular weight excluding hydrogens is 454 g/mol. The van der Waals surface area contributed by atoms with Gasteiger partial charge in [0, 0.05) is 11.6 Å². The summed E-state index contributed by atoms with van der Waals surface area (Å²) in [5, 5.41) is 17.1. The average Bonchev–Trinajstić information content (AvgIpc) is 2.82. The van der Waals surface area contributed by atoms with Crippen molar-refractivity contribution in [1.82, 2.24) is 15.3 Å². The van der Waals surface area contributed by atoms with Crippen molar-refractivity contribution in [3.63, 3.8) is 0 Å². The SMILES string of the molecule is Cc1cc(CC(=O)Nc2cc(C(=O)NCc3c#cc4c(c3)NC(=O)CO4)ncn2)ccc1C(=O)O. The molecule has 0 fully saturated rings. The number of nitrogens with zero attached hydrogens (tertiary/aromatic N) is 2. The Morgan fingerprint density at radius 2 is 2.00 bits per heavy atom. The first-order valence-electron chi connectivity index (χ1n) is 10.4. The number of aryl methyl sites for hydroxylation is 1. The molecule has 0 spiro atoms. The van der Waals surface area contributed by atoms with Crippen LogP contribution in [0.3, 0.4) is 0 Å². The van der Waals surface area contributed by atoms with E-state index < -0.39 is 11.9 Å². The van der Waals surface area contributed by atoms with E-state index in [-0.39, 0.29) is 48.5 Å². The van der Waals surface area contributed by atoms with Crippen LogP contribution in [-0.4, -0.2) is 45.4 Å². The molecule has 4 N–H and O–H groups in total. The number of benzene rings is 1. The predicted molar refractivity (Wildman–Crippen MR) is 122 cm³/mol. The van der Waals surface area contributed by atoms with Crippen molar-refractivity contribution < 1.29 is 29.0 Å². The minimum Gasteiger partial charge on any atom is -0.478 e. The number of carboxylic acid groups (broad SMARTS) is 1. The minimum absolute atomic E-state index is 0.00279. The van der Waals surface area contributed by atoms with Gasteiger partial charge in [-0.1, -0.05) is 18.2 Å². The van der Waals surface area contributed by atoms with Crippen molar-refractivity contribution in [2.45, 2.75) is 19.9 Å². The third kappa shape index (κ3) is 5.69. The second-order valence-corrected chi connectivity index (χ2v) is 7.65. The number of rotatable bonds is 7. The summed E-state index contributed by atoms with van der Waals surface area (Å²) < 4.78 is 5.23. The second-order valence-electron chi connectivity index (χ2n) is 7.65. The monoisotopic (exact) mass is 473 g/mol. The zero-order valence-electron chi connectivity index (χ0n) is 18.5. The summed E-state index contributed by atoms with van der Waals surface area (Å²) in [6, 6.07) is 13.3. The number of anilines is 2. The van der Waals surface area contributed by atoms with Gasteiger partial charge in [0.1, 0.15) is 17.8 Å². The zero-order valence-corrected chi connectivity index (χ0v) is 18.5. The lowest BCUT2D eigenvalue weighted by Gasteiger charge is -2.16. The molecule has 0 saturated heterocycles. The van der Waals surface area contributed by atoms with Gasteiger partial charge >= 0.3 is 5.97 Å². The number of hydrogen-bond donors (Lipinski definition) is 4. The molecule has 11 nitrogen and oxygen atoms in total. The molecule has 4 rings (SSSR count). The van der Waals surface area contributed by atoms with E-state index >= 15 is 0 Å². The van der Waals surface area contributed by atoms with Gasteiger partial charge in [-0.05, 0) is 36.2 Å². The maximum Gasteiger partial charge on any atom is 0.335 e.